The molecular weight excluding hydrogens is 246 g/mol. The molecule has 0 heterocycles. The summed E-state index contributed by atoms with van der Waals surface area (Å²) in [5, 5.41) is 3.49. The van der Waals surface area contributed by atoms with Gasteiger partial charge in [0, 0.05) is 13.2 Å². The van der Waals surface area contributed by atoms with Gasteiger partial charge in [0.1, 0.15) is 6.61 Å². The number of nitrogens with one attached hydrogen (secondary N) is 1. The molecule has 1 rings (SSSR count). The summed E-state index contributed by atoms with van der Waals surface area (Å²) in [7, 11) is 0. The van der Waals surface area contributed by atoms with Crippen LogP contribution >= 0.6 is 0 Å². The molecule has 2 nitrogen and oxygen atoms in total. The molecule has 0 unspecified atom stereocenters. The summed E-state index contributed by atoms with van der Waals surface area (Å²) in [4.78, 5) is 0. The molecule has 0 amide bonds. The third-order valence-electron chi connectivity index (χ3n) is 3.25. The summed E-state index contributed by atoms with van der Waals surface area (Å²) >= 11 is 0. The Morgan fingerprint density at radius 2 is 1.65 bits per heavy atom. The quantitative estimate of drug-likeness (QED) is 0.462. The van der Waals surface area contributed by atoms with Crippen molar-refractivity contribution in [1.82, 2.24) is 5.32 Å². The topological polar surface area (TPSA) is 21.3 Å². The van der Waals surface area contributed by atoms with Gasteiger partial charge in [0.2, 0.25) is 0 Å². The standard InChI is InChI=1S/C18H27NO/c1-2-15-20-16-11-6-4-3-5-10-14-19-17-18-12-8-7-9-13-18/h1,7-9,12-13,19H,3-6,10-11,14-17H2. The van der Waals surface area contributed by atoms with E-state index in [-0.39, 0.29) is 0 Å². The first kappa shape index (κ1) is 16.8. The van der Waals surface area contributed by atoms with Gasteiger partial charge < -0.3 is 10.1 Å². The largest absolute Gasteiger partial charge is 0.369 e. The molecule has 0 spiro atoms. The van der Waals surface area contributed by atoms with Crippen LogP contribution in [0, 0.1) is 12.3 Å². The summed E-state index contributed by atoms with van der Waals surface area (Å²) in [6.45, 7) is 3.35. The van der Waals surface area contributed by atoms with Crippen LogP contribution < -0.4 is 5.32 Å². The number of benzene rings is 1. The van der Waals surface area contributed by atoms with Crippen molar-refractivity contribution in [1.29, 1.82) is 0 Å². The SMILES string of the molecule is C#CCOCCCCCCCCNCc1ccccc1. The normalized spacial score (nSPS) is 10.3. The molecule has 20 heavy (non-hydrogen) atoms. The maximum Gasteiger partial charge on any atom is 0.107 e. The number of terminal acetylenes is 1. The molecule has 0 saturated heterocycles. The Hall–Kier alpha value is -1.30. The van der Waals surface area contributed by atoms with Gasteiger partial charge in [-0.25, -0.2) is 0 Å². The maximum atomic E-state index is 5.24. The first-order valence-electron chi connectivity index (χ1n) is 7.69. The number of hydrogen-bond acceptors (Lipinski definition) is 2. The maximum absolute atomic E-state index is 5.24. The van der Waals surface area contributed by atoms with Gasteiger partial charge in [-0.3, -0.25) is 0 Å². The fourth-order valence-electron chi connectivity index (χ4n) is 2.12. The van der Waals surface area contributed by atoms with Crippen LogP contribution in [0.5, 0.6) is 0 Å². The highest BCUT2D eigenvalue weighted by molar-refractivity contribution is 5.14. The van der Waals surface area contributed by atoms with Crippen molar-refractivity contribution in [3.05, 3.63) is 35.9 Å². The summed E-state index contributed by atoms with van der Waals surface area (Å²) in [5.41, 5.74) is 1.36. The Balaban J connectivity index is 1.78. The fourth-order valence-corrected chi connectivity index (χ4v) is 2.12. The minimum Gasteiger partial charge on any atom is -0.369 e. The first-order valence-corrected chi connectivity index (χ1v) is 7.69. The summed E-state index contributed by atoms with van der Waals surface area (Å²) < 4.78 is 5.24. The smallest absolute Gasteiger partial charge is 0.107 e. The van der Waals surface area contributed by atoms with Crippen molar-refractivity contribution in [3.8, 4) is 12.3 Å². The lowest BCUT2D eigenvalue weighted by atomic mass is 10.1. The predicted octanol–water partition coefficient (Wildman–Crippen LogP) is 3.77. The van der Waals surface area contributed by atoms with Gasteiger partial charge >= 0.3 is 0 Å². The average molecular weight is 273 g/mol. The second-order valence-electron chi connectivity index (χ2n) is 5.04. The van der Waals surface area contributed by atoms with Gasteiger partial charge in [0.25, 0.3) is 0 Å². The van der Waals surface area contributed by atoms with E-state index < -0.39 is 0 Å². The molecule has 2 heteroatoms. The Bertz CT molecular complexity index is 355. The van der Waals surface area contributed by atoms with E-state index >= 15 is 0 Å². The Labute approximate surface area is 123 Å². The van der Waals surface area contributed by atoms with Gasteiger partial charge in [0.05, 0.1) is 0 Å². The van der Waals surface area contributed by atoms with E-state index in [1.54, 1.807) is 0 Å². The molecule has 0 aliphatic rings. The Morgan fingerprint density at radius 3 is 2.40 bits per heavy atom. The zero-order valence-electron chi connectivity index (χ0n) is 12.4. The van der Waals surface area contributed by atoms with Gasteiger partial charge in [-0.2, -0.15) is 0 Å². The zero-order valence-corrected chi connectivity index (χ0v) is 12.4. The number of ether oxygens (including phenoxy) is 1. The molecule has 1 N–H and O–H groups in total. The number of hydrogen-bond donors (Lipinski definition) is 1. The van der Waals surface area contributed by atoms with Crippen LogP contribution in [-0.4, -0.2) is 19.8 Å². The lowest BCUT2D eigenvalue weighted by molar-refractivity contribution is 0.162. The van der Waals surface area contributed by atoms with E-state index in [9.17, 15) is 0 Å². The second-order valence-corrected chi connectivity index (χ2v) is 5.04. The average Bonchev–Trinajstić information content (AvgIpc) is 2.49. The molecule has 1 aromatic rings. The van der Waals surface area contributed by atoms with Gasteiger partial charge in [-0.15, -0.1) is 6.42 Å². The highest BCUT2D eigenvalue weighted by Crippen LogP contribution is 2.05. The summed E-state index contributed by atoms with van der Waals surface area (Å²) in [6, 6.07) is 10.6. The van der Waals surface area contributed by atoms with Crippen LogP contribution in [0.3, 0.4) is 0 Å². The molecule has 1 aromatic carbocycles. The minimum absolute atomic E-state index is 0.451. The molecule has 0 radical (unpaired) electrons. The monoisotopic (exact) mass is 273 g/mol. The molecule has 0 atom stereocenters. The molecule has 0 fully saturated rings. The lowest BCUT2D eigenvalue weighted by Gasteiger charge is -2.05. The molecule has 110 valence electrons. The van der Waals surface area contributed by atoms with Gasteiger partial charge in [0.15, 0.2) is 0 Å². The van der Waals surface area contributed by atoms with Crippen LogP contribution in [0.15, 0.2) is 30.3 Å². The molecule has 0 saturated carbocycles. The van der Waals surface area contributed by atoms with E-state index in [1.165, 1.54) is 37.7 Å². The van der Waals surface area contributed by atoms with Crippen LogP contribution in [0.4, 0.5) is 0 Å². The number of rotatable bonds is 12. The molecular formula is C18H27NO. The van der Waals surface area contributed by atoms with Crippen molar-refractivity contribution in [2.24, 2.45) is 0 Å². The molecule has 0 aliphatic carbocycles. The third kappa shape index (κ3) is 9.61. The Morgan fingerprint density at radius 1 is 0.950 bits per heavy atom. The van der Waals surface area contributed by atoms with Crippen molar-refractivity contribution in [2.75, 3.05) is 19.8 Å². The molecule has 0 bridgehead atoms. The van der Waals surface area contributed by atoms with E-state index in [0.717, 1.165) is 26.1 Å². The van der Waals surface area contributed by atoms with Crippen molar-refractivity contribution < 1.29 is 4.74 Å². The molecule has 0 aromatic heterocycles. The van der Waals surface area contributed by atoms with Crippen LogP contribution in [0.2, 0.25) is 0 Å². The zero-order chi connectivity index (χ0) is 14.3. The van der Waals surface area contributed by atoms with E-state index in [2.05, 4.69) is 41.6 Å². The lowest BCUT2D eigenvalue weighted by Crippen LogP contribution is -2.14. The number of unbranched alkanes of at least 4 members (excludes halogenated alkanes) is 5. The van der Waals surface area contributed by atoms with Crippen LogP contribution in [0.25, 0.3) is 0 Å². The molecule has 0 aliphatic heterocycles. The van der Waals surface area contributed by atoms with E-state index in [0.29, 0.717) is 6.61 Å². The fraction of sp³-hybridized carbons (Fsp3) is 0.556. The summed E-state index contributed by atoms with van der Waals surface area (Å²) in [5.74, 6) is 2.48. The third-order valence-corrected chi connectivity index (χ3v) is 3.25. The highest BCUT2D eigenvalue weighted by Gasteiger charge is 1.93. The summed E-state index contributed by atoms with van der Waals surface area (Å²) in [6.07, 6.45) is 12.7. The van der Waals surface area contributed by atoms with Crippen LogP contribution in [-0.2, 0) is 11.3 Å². The van der Waals surface area contributed by atoms with E-state index in [1.807, 2.05) is 0 Å². The minimum atomic E-state index is 0.451. The van der Waals surface area contributed by atoms with Crippen LogP contribution in [0.1, 0.15) is 44.1 Å². The second kappa shape index (κ2) is 12.7. The van der Waals surface area contributed by atoms with Gasteiger partial charge in [-0.05, 0) is 24.9 Å². The Kier molecular flexibility index (Phi) is 10.7. The highest BCUT2D eigenvalue weighted by atomic mass is 16.5. The van der Waals surface area contributed by atoms with E-state index in [4.69, 9.17) is 11.2 Å². The first-order chi connectivity index (χ1) is 9.93. The predicted molar refractivity (Wildman–Crippen MR) is 85.5 cm³/mol. The van der Waals surface area contributed by atoms with Gasteiger partial charge in [-0.1, -0.05) is 61.9 Å². The van der Waals surface area contributed by atoms with Crippen molar-refractivity contribution >= 4 is 0 Å². The van der Waals surface area contributed by atoms with Crippen molar-refractivity contribution in [2.45, 2.75) is 45.1 Å². The van der Waals surface area contributed by atoms with Crippen molar-refractivity contribution in [3.63, 3.8) is 0 Å².